The van der Waals surface area contributed by atoms with Crippen LogP contribution in [0.15, 0.2) is 18.2 Å². The summed E-state index contributed by atoms with van der Waals surface area (Å²) in [6, 6.07) is 1.76. The van der Waals surface area contributed by atoms with Gasteiger partial charge in [0, 0.05) is 25.1 Å². The minimum absolute atomic E-state index is 0.0588. The number of benzene rings is 1. The van der Waals surface area contributed by atoms with Gasteiger partial charge in [-0.1, -0.05) is 11.6 Å². The van der Waals surface area contributed by atoms with Gasteiger partial charge < -0.3 is 20.5 Å². The lowest BCUT2D eigenvalue weighted by atomic mass is 10.1. The summed E-state index contributed by atoms with van der Waals surface area (Å²) in [5.41, 5.74) is 8.64. The summed E-state index contributed by atoms with van der Waals surface area (Å²) in [6.45, 7) is 2.16. The van der Waals surface area contributed by atoms with Crippen LogP contribution >= 0.6 is 11.6 Å². The molecule has 4 N–H and O–H groups in total. The van der Waals surface area contributed by atoms with Crippen molar-refractivity contribution in [3.05, 3.63) is 28.8 Å². The van der Waals surface area contributed by atoms with Crippen LogP contribution in [0.1, 0.15) is 43.0 Å². The number of carbonyl (C=O) groups is 5. The number of fused-ring (bicyclic) bond motifs is 1. The number of hydrazine groups is 2. The van der Waals surface area contributed by atoms with Gasteiger partial charge in [0.15, 0.2) is 0 Å². The fourth-order valence-electron chi connectivity index (χ4n) is 4.32. The minimum Gasteiger partial charge on any atom is -0.433 e. The van der Waals surface area contributed by atoms with Crippen molar-refractivity contribution in [1.29, 1.82) is 0 Å². The Morgan fingerprint density at radius 1 is 1.25 bits per heavy atom. The van der Waals surface area contributed by atoms with E-state index in [1.807, 2.05) is 0 Å². The number of urea groups is 1. The minimum atomic E-state index is -1.04. The first-order valence-corrected chi connectivity index (χ1v) is 12.0. The van der Waals surface area contributed by atoms with Crippen molar-refractivity contribution in [2.75, 3.05) is 25.4 Å². The molecule has 3 saturated heterocycles. The van der Waals surface area contributed by atoms with Gasteiger partial charge in [-0.15, -0.1) is 0 Å². The van der Waals surface area contributed by atoms with E-state index in [4.69, 9.17) is 26.8 Å². The van der Waals surface area contributed by atoms with Crippen molar-refractivity contribution in [3.63, 3.8) is 0 Å². The first kappa shape index (κ1) is 25.5. The van der Waals surface area contributed by atoms with Crippen LogP contribution in [-0.4, -0.2) is 82.8 Å². The number of amides is 5. The molecule has 3 fully saturated rings. The normalized spacial score (nSPS) is 24.2. The molecule has 1 aromatic carbocycles. The summed E-state index contributed by atoms with van der Waals surface area (Å²) in [6.07, 6.45) is -0.311. The number of hydrogen-bond acceptors (Lipinski definition) is 8. The largest absolute Gasteiger partial charge is 0.433 e. The highest BCUT2D eigenvalue weighted by Gasteiger charge is 2.46. The summed E-state index contributed by atoms with van der Waals surface area (Å²) < 4.78 is 10.5. The molecule has 1 aromatic rings. The van der Waals surface area contributed by atoms with Gasteiger partial charge >= 0.3 is 12.0 Å². The third-order valence-electron chi connectivity index (χ3n) is 6.09. The molecular weight excluding hydrogens is 496 g/mol. The molecule has 194 valence electrons. The Morgan fingerprint density at radius 3 is 2.75 bits per heavy atom. The quantitative estimate of drug-likeness (QED) is 0.357. The van der Waals surface area contributed by atoms with Gasteiger partial charge in [0.05, 0.1) is 23.7 Å². The molecule has 0 radical (unpaired) electrons. The Labute approximate surface area is 211 Å². The Bertz CT molecular complexity index is 1080. The van der Waals surface area contributed by atoms with Gasteiger partial charge in [-0.3, -0.25) is 24.6 Å². The second-order valence-electron chi connectivity index (χ2n) is 8.51. The summed E-state index contributed by atoms with van der Waals surface area (Å²) in [7, 11) is 0. The Hall–Kier alpha value is -3.58. The monoisotopic (exact) mass is 522 g/mol. The molecule has 14 heteroatoms. The van der Waals surface area contributed by atoms with Crippen molar-refractivity contribution in [1.82, 2.24) is 25.8 Å². The van der Waals surface area contributed by atoms with Crippen LogP contribution in [0.5, 0.6) is 0 Å². The van der Waals surface area contributed by atoms with E-state index in [1.54, 1.807) is 6.92 Å². The third-order valence-corrected chi connectivity index (χ3v) is 6.42. The molecule has 0 saturated carbocycles. The highest BCUT2D eigenvalue weighted by molar-refractivity contribution is 6.33. The van der Waals surface area contributed by atoms with E-state index in [0.29, 0.717) is 12.1 Å². The molecule has 0 aromatic heterocycles. The van der Waals surface area contributed by atoms with E-state index in [0.717, 1.165) is 10.0 Å². The number of carbonyl (C=O) groups excluding carboxylic acids is 5. The van der Waals surface area contributed by atoms with Gasteiger partial charge in [0.25, 0.3) is 5.91 Å². The number of halogens is 1. The first-order chi connectivity index (χ1) is 17.2. The number of nitrogen functional groups attached to an aromatic ring is 1. The van der Waals surface area contributed by atoms with Crippen LogP contribution in [0.4, 0.5) is 10.5 Å². The maximum absolute atomic E-state index is 13.5. The first-order valence-electron chi connectivity index (χ1n) is 11.6. The Balaban J connectivity index is 1.52. The van der Waals surface area contributed by atoms with E-state index in [1.165, 1.54) is 23.2 Å². The molecule has 3 aliphatic rings. The van der Waals surface area contributed by atoms with Crippen LogP contribution in [0.25, 0.3) is 0 Å². The third kappa shape index (κ3) is 5.16. The standard InChI is InChI=1S/C22H27ClN6O7/c1-2-35-21-15(11-18(31)36-21)25-20(33)16-4-3-8-28-17(30)7-9-27(22(34)29(16)28)26-19(32)12-5-6-14(24)13(23)10-12/h5-6,10,15-16,21H,2-4,7-9,11,24H2,1H3,(H,25,33)(H,26,32)/t15-,16-,21?/m0/s1. The molecule has 36 heavy (non-hydrogen) atoms. The van der Waals surface area contributed by atoms with Gasteiger partial charge in [-0.05, 0) is 38.0 Å². The summed E-state index contributed by atoms with van der Waals surface area (Å²) in [5, 5.41) is 6.20. The lowest BCUT2D eigenvalue weighted by Crippen LogP contribution is -2.65. The van der Waals surface area contributed by atoms with Crippen molar-refractivity contribution >= 4 is 47.0 Å². The average Bonchev–Trinajstić information content (AvgIpc) is 3.14. The predicted octanol–water partition coefficient (Wildman–Crippen LogP) is 0.395. The fourth-order valence-corrected chi connectivity index (χ4v) is 4.50. The maximum atomic E-state index is 13.5. The number of nitrogens with two attached hydrogens (primary N) is 1. The molecule has 4 rings (SSSR count). The molecule has 5 amide bonds. The van der Waals surface area contributed by atoms with E-state index in [2.05, 4.69) is 10.7 Å². The van der Waals surface area contributed by atoms with Gasteiger partial charge in [-0.2, -0.15) is 0 Å². The second-order valence-corrected chi connectivity index (χ2v) is 8.92. The van der Waals surface area contributed by atoms with Crippen LogP contribution in [-0.2, 0) is 23.9 Å². The summed E-state index contributed by atoms with van der Waals surface area (Å²) >= 11 is 6.00. The number of anilines is 1. The predicted molar refractivity (Wildman–Crippen MR) is 125 cm³/mol. The van der Waals surface area contributed by atoms with Gasteiger partial charge in [0.1, 0.15) is 12.1 Å². The van der Waals surface area contributed by atoms with E-state index < -0.39 is 42.2 Å². The Morgan fingerprint density at radius 2 is 2.03 bits per heavy atom. The van der Waals surface area contributed by atoms with Gasteiger partial charge in [0.2, 0.25) is 18.1 Å². The summed E-state index contributed by atoms with van der Waals surface area (Å²) in [5.74, 6) is -2.07. The molecule has 3 atom stereocenters. The molecule has 13 nitrogen and oxygen atoms in total. The van der Waals surface area contributed by atoms with Crippen LogP contribution < -0.4 is 16.5 Å². The average molecular weight is 523 g/mol. The van der Waals surface area contributed by atoms with Gasteiger partial charge in [-0.25, -0.2) is 19.8 Å². The number of rotatable bonds is 6. The molecule has 3 aliphatic heterocycles. The number of cyclic esters (lactones) is 1. The summed E-state index contributed by atoms with van der Waals surface area (Å²) in [4.78, 5) is 64.1. The molecule has 0 aliphatic carbocycles. The zero-order valence-corrected chi connectivity index (χ0v) is 20.3. The number of nitrogens with one attached hydrogen (secondary N) is 2. The van der Waals surface area contributed by atoms with Crippen molar-refractivity contribution in [3.8, 4) is 0 Å². The van der Waals surface area contributed by atoms with Crippen molar-refractivity contribution < 1.29 is 33.4 Å². The lowest BCUT2D eigenvalue weighted by Gasteiger charge is -2.43. The van der Waals surface area contributed by atoms with E-state index in [-0.39, 0.29) is 55.5 Å². The zero-order valence-electron chi connectivity index (χ0n) is 19.6. The fraction of sp³-hybridized carbons (Fsp3) is 0.500. The number of nitrogens with zero attached hydrogens (tertiary/aromatic N) is 3. The van der Waals surface area contributed by atoms with E-state index >= 15 is 0 Å². The van der Waals surface area contributed by atoms with Crippen LogP contribution in [0, 0.1) is 0 Å². The van der Waals surface area contributed by atoms with Crippen LogP contribution in [0.2, 0.25) is 5.02 Å². The SMILES string of the molecule is CCOC1OC(=O)C[C@@H]1NC(=O)[C@@H]1CCCN2C(=O)CCN(NC(=O)c3ccc(N)c(Cl)c3)C(=O)N12. The van der Waals surface area contributed by atoms with Crippen molar-refractivity contribution in [2.45, 2.75) is 51.0 Å². The highest BCUT2D eigenvalue weighted by Crippen LogP contribution is 2.25. The van der Waals surface area contributed by atoms with E-state index in [9.17, 15) is 24.0 Å². The topological polar surface area (TPSA) is 164 Å². The second kappa shape index (κ2) is 10.6. The number of hydrogen-bond donors (Lipinski definition) is 3. The van der Waals surface area contributed by atoms with Crippen LogP contribution in [0.3, 0.4) is 0 Å². The molecular formula is C22H27ClN6O7. The molecule has 0 bridgehead atoms. The number of esters is 1. The smallest absolute Gasteiger partial charge is 0.358 e. The maximum Gasteiger partial charge on any atom is 0.358 e. The molecule has 3 heterocycles. The lowest BCUT2D eigenvalue weighted by molar-refractivity contribution is -0.166. The van der Waals surface area contributed by atoms with Crippen molar-refractivity contribution in [2.24, 2.45) is 0 Å². The highest BCUT2D eigenvalue weighted by atomic mass is 35.5. The number of ether oxygens (including phenoxy) is 2. The molecule has 0 spiro atoms. The molecule has 1 unspecified atom stereocenters. The zero-order chi connectivity index (χ0) is 26.0. The Kier molecular flexibility index (Phi) is 7.50.